The molecule has 1 amide bonds. The number of rotatable bonds is 7. The minimum absolute atomic E-state index is 0.0595. The smallest absolute Gasteiger partial charge is 0.344 e. The fourth-order valence-electron chi connectivity index (χ4n) is 3.14. The van der Waals surface area contributed by atoms with Crippen LogP contribution in [0.15, 0.2) is 54.6 Å². The van der Waals surface area contributed by atoms with Gasteiger partial charge in [-0.2, -0.15) is 0 Å². The summed E-state index contributed by atoms with van der Waals surface area (Å²) in [5, 5.41) is 3.08. The topological polar surface area (TPSA) is 64.6 Å². The van der Waals surface area contributed by atoms with E-state index < -0.39 is 5.97 Å². The fraction of sp³-hybridized carbons (Fsp3) is 0.364. The molecule has 142 valence electrons. The molecule has 0 bridgehead atoms. The van der Waals surface area contributed by atoms with E-state index in [0.29, 0.717) is 11.3 Å². The summed E-state index contributed by atoms with van der Waals surface area (Å²) in [7, 11) is 0. The van der Waals surface area contributed by atoms with Gasteiger partial charge in [0.2, 0.25) is 0 Å². The number of esters is 1. The Morgan fingerprint density at radius 3 is 2.33 bits per heavy atom. The van der Waals surface area contributed by atoms with Crippen LogP contribution in [0.2, 0.25) is 0 Å². The number of hydrogen-bond acceptors (Lipinski definition) is 4. The molecule has 1 saturated carbocycles. The van der Waals surface area contributed by atoms with Gasteiger partial charge in [0.05, 0.1) is 0 Å². The number of benzene rings is 2. The third-order valence-corrected chi connectivity index (χ3v) is 4.66. The van der Waals surface area contributed by atoms with Crippen molar-refractivity contribution in [1.29, 1.82) is 0 Å². The van der Waals surface area contributed by atoms with Gasteiger partial charge in [0.25, 0.3) is 5.91 Å². The van der Waals surface area contributed by atoms with Gasteiger partial charge in [-0.1, -0.05) is 49.6 Å². The highest BCUT2D eigenvalue weighted by Crippen LogP contribution is 2.18. The van der Waals surface area contributed by atoms with Crippen LogP contribution in [-0.2, 0) is 16.1 Å². The zero-order valence-corrected chi connectivity index (χ0v) is 15.4. The van der Waals surface area contributed by atoms with E-state index in [9.17, 15) is 9.59 Å². The molecule has 2 aromatic rings. The maximum atomic E-state index is 12.3. The van der Waals surface area contributed by atoms with E-state index in [1.807, 2.05) is 30.3 Å². The van der Waals surface area contributed by atoms with E-state index in [2.05, 4.69) is 5.32 Å². The Morgan fingerprint density at radius 1 is 0.926 bits per heavy atom. The van der Waals surface area contributed by atoms with Crippen LogP contribution in [0, 0.1) is 0 Å². The predicted octanol–water partition coefficient (Wildman–Crippen LogP) is 3.87. The lowest BCUT2D eigenvalue weighted by molar-refractivity contribution is -0.147. The first-order valence-electron chi connectivity index (χ1n) is 9.44. The molecule has 1 N–H and O–H groups in total. The molecule has 0 atom stereocenters. The summed E-state index contributed by atoms with van der Waals surface area (Å²) in [4.78, 5) is 24.1. The molecule has 1 fully saturated rings. The lowest BCUT2D eigenvalue weighted by atomic mass is 9.95. The second-order valence-electron chi connectivity index (χ2n) is 6.77. The number of amides is 1. The highest BCUT2D eigenvalue weighted by atomic mass is 16.6. The third-order valence-electron chi connectivity index (χ3n) is 4.66. The van der Waals surface area contributed by atoms with Crippen LogP contribution < -0.4 is 10.1 Å². The molecule has 27 heavy (non-hydrogen) atoms. The number of ether oxygens (including phenoxy) is 2. The molecule has 0 heterocycles. The van der Waals surface area contributed by atoms with Gasteiger partial charge in [-0.3, -0.25) is 4.79 Å². The molecule has 0 unspecified atom stereocenters. The van der Waals surface area contributed by atoms with Gasteiger partial charge in [-0.05, 0) is 42.7 Å². The minimum Gasteiger partial charge on any atom is -0.482 e. The van der Waals surface area contributed by atoms with Crippen molar-refractivity contribution < 1.29 is 19.1 Å². The molecular weight excluding hydrogens is 342 g/mol. The van der Waals surface area contributed by atoms with Crippen LogP contribution in [0.5, 0.6) is 5.75 Å². The molecule has 0 spiro atoms. The highest BCUT2D eigenvalue weighted by Gasteiger charge is 2.16. The predicted molar refractivity (Wildman–Crippen MR) is 103 cm³/mol. The standard InChI is InChI=1S/C22H25NO4/c24-21(27-15-17-7-3-1-4-8-17)16-26-20-13-11-18(12-14-20)22(25)23-19-9-5-2-6-10-19/h1,3-4,7-8,11-14,19H,2,5-6,9-10,15-16H2,(H,23,25). The van der Waals surface area contributed by atoms with Crippen LogP contribution in [0.25, 0.3) is 0 Å². The van der Waals surface area contributed by atoms with Crippen molar-refractivity contribution in [2.24, 2.45) is 0 Å². The summed E-state index contributed by atoms with van der Waals surface area (Å²) in [5.74, 6) is 0.0366. The van der Waals surface area contributed by atoms with Gasteiger partial charge < -0.3 is 14.8 Å². The summed E-state index contributed by atoms with van der Waals surface area (Å²) >= 11 is 0. The molecule has 5 heteroatoms. The zero-order valence-electron chi connectivity index (χ0n) is 15.4. The average molecular weight is 367 g/mol. The summed E-state index contributed by atoms with van der Waals surface area (Å²) in [5.41, 5.74) is 1.53. The molecule has 0 aliphatic heterocycles. The van der Waals surface area contributed by atoms with Crippen molar-refractivity contribution in [3.05, 3.63) is 65.7 Å². The maximum absolute atomic E-state index is 12.3. The molecule has 5 nitrogen and oxygen atoms in total. The number of carbonyl (C=O) groups is 2. The summed E-state index contributed by atoms with van der Waals surface area (Å²) in [6.07, 6.45) is 5.72. The van der Waals surface area contributed by atoms with Gasteiger partial charge >= 0.3 is 5.97 Å². The van der Waals surface area contributed by atoms with E-state index in [-0.39, 0.29) is 25.2 Å². The second kappa shape index (κ2) is 9.76. The van der Waals surface area contributed by atoms with Crippen LogP contribution >= 0.6 is 0 Å². The summed E-state index contributed by atoms with van der Waals surface area (Å²) in [6, 6.07) is 16.6. The average Bonchev–Trinajstić information content (AvgIpc) is 2.72. The third kappa shape index (κ3) is 6.13. The van der Waals surface area contributed by atoms with Crippen molar-refractivity contribution in [2.45, 2.75) is 44.8 Å². The number of nitrogens with one attached hydrogen (secondary N) is 1. The molecule has 0 aromatic heterocycles. The molecule has 1 aliphatic carbocycles. The normalized spacial score (nSPS) is 14.4. The van der Waals surface area contributed by atoms with Crippen LogP contribution in [0.1, 0.15) is 48.0 Å². The first kappa shape index (κ1) is 19.0. The maximum Gasteiger partial charge on any atom is 0.344 e. The second-order valence-corrected chi connectivity index (χ2v) is 6.77. The Bertz CT molecular complexity index is 737. The monoisotopic (exact) mass is 367 g/mol. The molecular formula is C22H25NO4. The highest BCUT2D eigenvalue weighted by molar-refractivity contribution is 5.94. The fourth-order valence-corrected chi connectivity index (χ4v) is 3.14. The van der Waals surface area contributed by atoms with E-state index in [0.717, 1.165) is 18.4 Å². The Hall–Kier alpha value is -2.82. The van der Waals surface area contributed by atoms with Crippen molar-refractivity contribution in [3.63, 3.8) is 0 Å². The molecule has 2 aromatic carbocycles. The SMILES string of the molecule is O=C(COc1ccc(C(=O)NC2CCCCC2)cc1)OCc1ccccc1. The first-order valence-corrected chi connectivity index (χ1v) is 9.44. The summed E-state index contributed by atoms with van der Waals surface area (Å²) in [6.45, 7) is 0.0593. The van der Waals surface area contributed by atoms with E-state index in [1.54, 1.807) is 24.3 Å². The summed E-state index contributed by atoms with van der Waals surface area (Å²) < 4.78 is 10.6. The number of hydrogen-bond donors (Lipinski definition) is 1. The lowest BCUT2D eigenvalue weighted by Gasteiger charge is -2.22. The Morgan fingerprint density at radius 2 is 1.63 bits per heavy atom. The quantitative estimate of drug-likeness (QED) is 0.755. The molecule has 0 radical (unpaired) electrons. The molecule has 3 rings (SSSR count). The van der Waals surface area contributed by atoms with Crippen molar-refractivity contribution in [3.8, 4) is 5.75 Å². The largest absolute Gasteiger partial charge is 0.482 e. The number of carbonyl (C=O) groups excluding carboxylic acids is 2. The van der Waals surface area contributed by atoms with Crippen LogP contribution in [-0.4, -0.2) is 24.5 Å². The van der Waals surface area contributed by atoms with Crippen molar-refractivity contribution >= 4 is 11.9 Å². The van der Waals surface area contributed by atoms with Gasteiger partial charge in [0.15, 0.2) is 6.61 Å². The van der Waals surface area contributed by atoms with Crippen molar-refractivity contribution in [2.75, 3.05) is 6.61 Å². The van der Waals surface area contributed by atoms with Gasteiger partial charge in [0.1, 0.15) is 12.4 Å². The van der Waals surface area contributed by atoms with E-state index >= 15 is 0 Å². The lowest BCUT2D eigenvalue weighted by Crippen LogP contribution is -2.36. The van der Waals surface area contributed by atoms with Gasteiger partial charge in [0, 0.05) is 11.6 Å². The van der Waals surface area contributed by atoms with Crippen molar-refractivity contribution in [1.82, 2.24) is 5.32 Å². The zero-order chi connectivity index (χ0) is 18.9. The minimum atomic E-state index is -0.432. The van der Waals surface area contributed by atoms with Gasteiger partial charge in [-0.15, -0.1) is 0 Å². The molecule has 1 aliphatic rings. The van der Waals surface area contributed by atoms with E-state index in [1.165, 1.54) is 19.3 Å². The van der Waals surface area contributed by atoms with Gasteiger partial charge in [-0.25, -0.2) is 4.79 Å². The van der Waals surface area contributed by atoms with E-state index in [4.69, 9.17) is 9.47 Å². The Kier molecular flexibility index (Phi) is 6.85. The Balaban J connectivity index is 1.41. The molecule has 0 saturated heterocycles. The first-order chi connectivity index (χ1) is 13.2. The van der Waals surface area contributed by atoms with Crippen LogP contribution in [0.4, 0.5) is 0 Å². The van der Waals surface area contributed by atoms with Crippen LogP contribution in [0.3, 0.4) is 0 Å². The Labute approximate surface area is 159 Å².